The van der Waals surface area contributed by atoms with E-state index in [0.29, 0.717) is 24.7 Å². The third-order valence-corrected chi connectivity index (χ3v) is 4.97. The van der Waals surface area contributed by atoms with Crippen molar-refractivity contribution in [1.82, 2.24) is 15.0 Å². The number of hydrogen-bond donors (Lipinski definition) is 0. The molecule has 0 spiro atoms. The molecule has 3 aromatic rings. The van der Waals surface area contributed by atoms with Gasteiger partial charge in [-0.15, -0.1) is 0 Å². The van der Waals surface area contributed by atoms with Crippen LogP contribution < -0.4 is 0 Å². The molecule has 1 atom stereocenters. The van der Waals surface area contributed by atoms with Gasteiger partial charge in [-0.25, -0.2) is 0 Å². The van der Waals surface area contributed by atoms with E-state index in [1.807, 2.05) is 72.5 Å². The van der Waals surface area contributed by atoms with Crippen molar-refractivity contribution in [3.05, 3.63) is 77.7 Å². The van der Waals surface area contributed by atoms with E-state index in [1.165, 1.54) is 5.56 Å². The molecule has 0 bridgehead atoms. The first-order valence-electron chi connectivity index (χ1n) is 10.00. The van der Waals surface area contributed by atoms with Gasteiger partial charge in [-0.3, -0.25) is 4.79 Å². The summed E-state index contributed by atoms with van der Waals surface area (Å²) in [5, 5.41) is 4.08. The first-order chi connectivity index (χ1) is 14.1. The van der Waals surface area contributed by atoms with Gasteiger partial charge in [0.05, 0.1) is 0 Å². The number of nitrogens with zero attached hydrogens (tertiary/aromatic N) is 3. The van der Waals surface area contributed by atoms with Gasteiger partial charge in [0.1, 0.15) is 0 Å². The third-order valence-electron chi connectivity index (χ3n) is 4.97. The van der Waals surface area contributed by atoms with E-state index < -0.39 is 0 Å². The van der Waals surface area contributed by atoms with Gasteiger partial charge >= 0.3 is 0 Å². The second-order valence-corrected chi connectivity index (χ2v) is 7.16. The topological polar surface area (TPSA) is 59.2 Å². The standard InChI is InChI=1S/C24H27N3O2/c1-4-19(3)27(23(28)15-12-20-8-6-5-7-9-20)17-16-22-25-24(26-29-22)21-13-10-18(2)11-14-21/h5-15,19H,4,16-17H2,1-3H3/b15-12+. The zero-order chi connectivity index (χ0) is 20.6. The zero-order valence-electron chi connectivity index (χ0n) is 17.2. The fraction of sp³-hybridized carbons (Fsp3) is 0.292. The highest BCUT2D eigenvalue weighted by Gasteiger charge is 2.18. The molecule has 0 N–H and O–H groups in total. The summed E-state index contributed by atoms with van der Waals surface area (Å²) in [5.41, 5.74) is 3.11. The quantitative estimate of drug-likeness (QED) is 0.513. The summed E-state index contributed by atoms with van der Waals surface area (Å²) >= 11 is 0. The van der Waals surface area contributed by atoms with Crippen molar-refractivity contribution >= 4 is 12.0 Å². The summed E-state index contributed by atoms with van der Waals surface area (Å²) in [7, 11) is 0. The van der Waals surface area contributed by atoms with E-state index in [9.17, 15) is 4.79 Å². The van der Waals surface area contributed by atoms with Crippen LogP contribution in [0.2, 0.25) is 0 Å². The Bertz CT molecular complexity index is 946. The minimum absolute atomic E-state index is 0.0125. The molecule has 0 radical (unpaired) electrons. The predicted molar refractivity (Wildman–Crippen MR) is 115 cm³/mol. The van der Waals surface area contributed by atoms with Crippen LogP contribution in [0.1, 0.15) is 37.3 Å². The van der Waals surface area contributed by atoms with E-state index in [4.69, 9.17) is 4.52 Å². The summed E-state index contributed by atoms with van der Waals surface area (Å²) in [4.78, 5) is 19.1. The maximum absolute atomic E-state index is 12.8. The molecule has 1 aromatic heterocycles. The van der Waals surface area contributed by atoms with Gasteiger partial charge in [0, 0.05) is 30.6 Å². The average Bonchev–Trinajstić information content (AvgIpc) is 3.22. The molecule has 2 aromatic carbocycles. The predicted octanol–water partition coefficient (Wildman–Crippen LogP) is 4.93. The van der Waals surface area contributed by atoms with Crippen LogP contribution in [0.15, 0.2) is 65.2 Å². The van der Waals surface area contributed by atoms with Crippen molar-refractivity contribution in [2.24, 2.45) is 0 Å². The minimum atomic E-state index is -0.0125. The van der Waals surface area contributed by atoms with Gasteiger partial charge in [-0.1, -0.05) is 72.2 Å². The first kappa shape index (κ1) is 20.5. The molecule has 1 amide bonds. The van der Waals surface area contributed by atoms with Crippen molar-refractivity contribution in [2.75, 3.05) is 6.54 Å². The molecule has 0 saturated carbocycles. The molecule has 29 heavy (non-hydrogen) atoms. The Morgan fingerprint density at radius 2 is 1.86 bits per heavy atom. The highest BCUT2D eigenvalue weighted by atomic mass is 16.5. The van der Waals surface area contributed by atoms with Crippen LogP contribution >= 0.6 is 0 Å². The summed E-state index contributed by atoms with van der Waals surface area (Å²) in [5.74, 6) is 1.10. The van der Waals surface area contributed by atoms with Crippen LogP contribution in [0.4, 0.5) is 0 Å². The summed E-state index contributed by atoms with van der Waals surface area (Å²) < 4.78 is 5.41. The monoisotopic (exact) mass is 389 g/mol. The average molecular weight is 389 g/mol. The van der Waals surface area contributed by atoms with E-state index >= 15 is 0 Å². The van der Waals surface area contributed by atoms with Crippen LogP contribution in [0.5, 0.6) is 0 Å². The molecule has 150 valence electrons. The van der Waals surface area contributed by atoms with E-state index in [-0.39, 0.29) is 11.9 Å². The number of aromatic nitrogens is 2. The van der Waals surface area contributed by atoms with Gasteiger partial charge in [-0.2, -0.15) is 4.98 Å². The molecule has 0 saturated heterocycles. The molecular weight excluding hydrogens is 362 g/mol. The SMILES string of the molecule is CCC(C)N(CCc1nc(-c2ccc(C)cc2)no1)C(=O)/C=C/c1ccccc1. The Labute approximate surface area is 172 Å². The molecule has 0 aliphatic heterocycles. The maximum atomic E-state index is 12.8. The lowest BCUT2D eigenvalue weighted by atomic mass is 10.1. The molecule has 0 aliphatic carbocycles. The van der Waals surface area contributed by atoms with E-state index in [0.717, 1.165) is 17.5 Å². The van der Waals surface area contributed by atoms with Crippen molar-refractivity contribution in [3.63, 3.8) is 0 Å². The van der Waals surface area contributed by atoms with Crippen molar-refractivity contribution in [3.8, 4) is 11.4 Å². The molecule has 1 heterocycles. The lowest BCUT2D eigenvalue weighted by Crippen LogP contribution is -2.38. The number of carbonyl (C=O) groups excluding carboxylic acids is 1. The summed E-state index contributed by atoms with van der Waals surface area (Å²) in [6, 6.07) is 17.9. The second kappa shape index (κ2) is 9.82. The van der Waals surface area contributed by atoms with Crippen molar-refractivity contribution in [2.45, 2.75) is 39.7 Å². The molecule has 0 fully saturated rings. The molecule has 0 aliphatic rings. The molecule has 3 rings (SSSR count). The second-order valence-electron chi connectivity index (χ2n) is 7.16. The van der Waals surface area contributed by atoms with Crippen LogP contribution in [0.25, 0.3) is 17.5 Å². The van der Waals surface area contributed by atoms with Gasteiger partial charge < -0.3 is 9.42 Å². The van der Waals surface area contributed by atoms with Crippen LogP contribution in [0, 0.1) is 6.92 Å². The Morgan fingerprint density at radius 1 is 1.14 bits per heavy atom. The highest BCUT2D eigenvalue weighted by Crippen LogP contribution is 2.17. The van der Waals surface area contributed by atoms with Crippen molar-refractivity contribution < 1.29 is 9.32 Å². The number of aryl methyl sites for hydroxylation is 1. The van der Waals surface area contributed by atoms with Gasteiger partial charge in [-0.05, 0) is 31.9 Å². The Balaban J connectivity index is 1.65. The van der Waals surface area contributed by atoms with Crippen molar-refractivity contribution in [1.29, 1.82) is 0 Å². The smallest absolute Gasteiger partial charge is 0.246 e. The zero-order valence-corrected chi connectivity index (χ0v) is 17.2. The Morgan fingerprint density at radius 3 is 2.55 bits per heavy atom. The fourth-order valence-corrected chi connectivity index (χ4v) is 2.99. The molecule has 5 heteroatoms. The van der Waals surface area contributed by atoms with Crippen LogP contribution in [-0.4, -0.2) is 33.5 Å². The number of amides is 1. The van der Waals surface area contributed by atoms with Gasteiger partial charge in [0.2, 0.25) is 17.6 Å². The fourth-order valence-electron chi connectivity index (χ4n) is 2.99. The lowest BCUT2D eigenvalue weighted by Gasteiger charge is -2.27. The third kappa shape index (κ3) is 5.64. The lowest BCUT2D eigenvalue weighted by molar-refractivity contribution is -0.128. The maximum Gasteiger partial charge on any atom is 0.246 e. The molecular formula is C24H27N3O2. The number of carbonyl (C=O) groups is 1. The minimum Gasteiger partial charge on any atom is -0.339 e. The van der Waals surface area contributed by atoms with Crippen LogP contribution in [-0.2, 0) is 11.2 Å². The number of hydrogen-bond acceptors (Lipinski definition) is 4. The Hall–Kier alpha value is -3.21. The highest BCUT2D eigenvalue weighted by molar-refractivity contribution is 5.92. The first-order valence-corrected chi connectivity index (χ1v) is 10.00. The summed E-state index contributed by atoms with van der Waals surface area (Å²) in [6.45, 7) is 6.70. The Kier molecular flexibility index (Phi) is 6.95. The van der Waals surface area contributed by atoms with E-state index in [2.05, 4.69) is 24.0 Å². The normalized spacial score (nSPS) is 12.2. The molecule has 1 unspecified atom stereocenters. The number of rotatable bonds is 8. The largest absolute Gasteiger partial charge is 0.339 e. The van der Waals surface area contributed by atoms with Gasteiger partial charge in [0.15, 0.2) is 0 Å². The molecule has 5 nitrogen and oxygen atoms in total. The van der Waals surface area contributed by atoms with E-state index in [1.54, 1.807) is 6.08 Å². The van der Waals surface area contributed by atoms with Gasteiger partial charge in [0.25, 0.3) is 0 Å². The van der Waals surface area contributed by atoms with Crippen LogP contribution in [0.3, 0.4) is 0 Å². The number of benzene rings is 2. The summed E-state index contributed by atoms with van der Waals surface area (Å²) in [6.07, 6.45) is 4.88.